The zero-order valence-electron chi connectivity index (χ0n) is 9.48. The molecule has 1 atom stereocenters. The summed E-state index contributed by atoms with van der Waals surface area (Å²) >= 11 is 12.3. The second-order valence-corrected chi connectivity index (χ2v) is 4.57. The fourth-order valence-electron chi connectivity index (χ4n) is 1.69. The van der Waals surface area contributed by atoms with Crippen molar-refractivity contribution in [3.8, 4) is 0 Å². The Balaban J connectivity index is 2.26. The van der Waals surface area contributed by atoms with Crippen molar-refractivity contribution in [2.24, 2.45) is 5.84 Å². The lowest BCUT2D eigenvalue weighted by Gasteiger charge is -2.16. The lowest BCUT2D eigenvalue weighted by molar-refractivity contribution is 0.537. The van der Waals surface area contributed by atoms with Gasteiger partial charge in [0.15, 0.2) is 0 Å². The highest BCUT2D eigenvalue weighted by atomic mass is 35.5. The molecular weight excluding hydrogens is 271 g/mol. The number of hydrogen-bond donors (Lipinski definition) is 2. The van der Waals surface area contributed by atoms with Crippen LogP contribution in [0.1, 0.15) is 17.3 Å². The third-order valence-electron chi connectivity index (χ3n) is 2.63. The van der Waals surface area contributed by atoms with E-state index in [-0.39, 0.29) is 6.04 Å². The van der Waals surface area contributed by atoms with Gasteiger partial charge in [-0.05, 0) is 30.2 Å². The summed E-state index contributed by atoms with van der Waals surface area (Å²) in [6, 6.07) is 7.05. The Morgan fingerprint density at radius 1 is 1.22 bits per heavy atom. The van der Waals surface area contributed by atoms with Gasteiger partial charge in [-0.25, -0.2) is 9.97 Å². The van der Waals surface area contributed by atoms with Crippen molar-refractivity contribution in [3.05, 3.63) is 58.1 Å². The summed E-state index contributed by atoms with van der Waals surface area (Å²) < 4.78 is 0. The minimum absolute atomic E-state index is 0.162. The van der Waals surface area contributed by atoms with E-state index >= 15 is 0 Å². The van der Waals surface area contributed by atoms with E-state index in [4.69, 9.17) is 29.0 Å². The van der Waals surface area contributed by atoms with Gasteiger partial charge in [-0.2, -0.15) is 0 Å². The van der Waals surface area contributed by atoms with Gasteiger partial charge < -0.3 is 0 Å². The van der Waals surface area contributed by atoms with Crippen LogP contribution in [0.25, 0.3) is 0 Å². The van der Waals surface area contributed by atoms with Crippen LogP contribution >= 0.6 is 23.2 Å². The van der Waals surface area contributed by atoms with Gasteiger partial charge in [0.25, 0.3) is 0 Å². The van der Waals surface area contributed by atoms with Crippen molar-refractivity contribution in [1.82, 2.24) is 15.4 Å². The standard InChI is InChI=1S/C12H12Cl2N4/c13-9-2-1-3-10(14)8(9)6-12(18-15)11-4-5-16-7-17-11/h1-5,7,12,18H,6,15H2. The fourth-order valence-corrected chi connectivity index (χ4v) is 2.24. The number of rotatable bonds is 4. The minimum atomic E-state index is -0.162. The number of nitrogens with two attached hydrogens (primary N) is 1. The van der Waals surface area contributed by atoms with Crippen molar-refractivity contribution in [2.75, 3.05) is 0 Å². The van der Waals surface area contributed by atoms with E-state index in [0.29, 0.717) is 16.5 Å². The Morgan fingerprint density at radius 2 is 1.94 bits per heavy atom. The fraction of sp³-hybridized carbons (Fsp3) is 0.167. The molecule has 1 aromatic heterocycles. The molecule has 0 saturated heterocycles. The first-order valence-corrected chi connectivity index (χ1v) is 6.13. The number of hydrogen-bond acceptors (Lipinski definition) is 4. The van der Waals surface area contributed by atoms with Crippen LogP contribution in [0, 0.1) is 0 Å². The van der Waals surface area contributed by atoms with Gasteiger partial charge in [0.05, 0.1) is 11.7 Å². The highest BCUT2D eigenvalue weighted by Crippen LogP contribution is 2.28. The van der Waals surface area contributed by atoms with Gasteiger partial charge in [0, 0.05) is 16.2 Å². The highest BCUT2D eigenvalue weighted by molar-refractivity contribution is 6.36. The third-order valence-corrected chi connectivity index (χ3v) is 3.34. The van der Waals surface area contributed by atoms with Gasteiger partial charge in [0.1, 0.15) is 6.33 Å². The Hall–Kier alpha value is -1.20. The summed E-state index contributed by atoms with van der Waals surface area (Å²) in [5.41, 5.74) is 4.36. The van der Waals surface area contributed by atoms with Crippen LogP contribution in [0.5, 0.6) is 0 Å². The largest absolute Gasteiger partial charge is 0.271 e. The average molecular weight is 283 g/mol. The van der Waals surface area contributed by atoms with Crippen LogP contribution in [0.4, 0.5) is 0 Å². The molecule has 1 unspecified atom stereocenters. The van der Waals surface area contributed by atoms with Crippen molar-refractivity contribution in [2.45, 2.75) is 12.5 Å². The predicted molar refractivity (Wildman–Crippen MR) is 72.3 cm³/mol. The van der Waals surface area contributed by atoms with E-state index in [0.717, 1.165) is 11.3 Å². The molecule has 4 nitrogen and oxygen atoms in total. The number of hydrazine groups is 1. The van der Waals surface area contributed by atoms with E-state index in [1.54, 1.807) is 24.4 Å². The molecule has 0 aliphatic carbocycles. The topological polar surface area (TPSA) is 63.8 Å². The van der Waals surface area contributed by atoms with E-state index in [9.17, 15) is 0 Å². The highest BCUT2D eigenvalue weighted by Gasteiger charge is 2.15. The molecule has 0 radical (unpaired) electrons. The Kier molecular flexibility index (Phi) is 4.49. The molecule has 3 N–H and O–H groups in total. The summed E-state index contributed by atoms with van der Waals surface area (Å²) in [7, 11) is 0. The Labute approximate surface area is 115 Å². The summed E-state index contributed by atoms with van der Waals surface area (Å²) in [6.07, 6.45) is 3.71. The van der Waals surface area contributed by atoms with Crippen LogP contribution in [0.15, 0.2) is 36.8 Å². The molecule has 0 saturated carbocycles. The van der Waals surface area contributed by atoms with Crippen LogP contribution in [0.3, 0.4) is 0 Å². The first-order valence-electron chi connectivity index (χ1n) is 5.37. The van der Waals surface area contributed by atoms with Gasteiger partial charge in [-0.15, -0.1) is 0 Å². The van der Waals surface area contributed by atoms with Crippen LogP contribution in [-0.4, -0.2) is 9.97 Å². The molecule has 0 aliphatic rings. The van der Waals surface area contributed by atoms with E-state index in [1.807, 2.05) is 6.07 Å². The second-order valence-electron chi connectivity index (χ2n) is 3.76. The SMILES string of the molecule is NNC(Cc1c(Cl)cccc1Cl)c1ccncn1. The maximum absolute atomic E-state index is 6.13. The molecule has 0 fully saturated rings. The molecular formula is C12H12Cl2N4. The minimum Gasteiger partial charge on any atom is -0.271 e. The maximum Gasteiger partial charge on any atom is 0.115 e. The smallest absolute Gasteiger partial charge is 0.115 e. The summed E-state index contributed by atoms with van der Waals surface area (Å²) in [5.74, 6) is 5.56. The summed E-state index contributed by atoms with van der Waals surface area (Å²) in [4.78, 5) is 8.04. The zero-order valence-corrected chi connectivity index (χ0v) is 11.0. The molecule has 0 aliphatic heterocycles. The van der Waals surface area contributed by atoms with Crippen molar-refractivity contribution >= 4 is 23.2 Å². The van der Waals surface area contributed by atoms with E-state index < -0.39 is 0 Å². The molecule has 18 heavy (non-hydrogen) atoms. The Morgan fingerprint density at radius 3 is 2.50 bits per heavy atom. The molecule has 0 spiro atoms. The van der Waals surface area contributed by atoms with Crippen LogP contribution in [-0.2, 0) is 6.42 Å². The third kappa shape index (κ3) is 2.97. The molecule has 6 heteroatoms. The van der Waals surface area contributed by atoms with Gasteiger partial charge in [-0.3, -0.25) is 11.3 Å². The second kappa shape index (κ2) is 6.11. The number of halogens is 2. The predicted octanol–water partition coefficient (Wildman–Crippen LogP) is 2.53. The molecule has 0 amide bonds. The Bertz CT molecular complexity index is 498. The maximum atomic E-state index is 6.13. The van der Waals surface area contributed by atoms with Crippen molar-refractivity contribution in [1.29, 1.82) is 0 Å². The van der Waals surface area contributed by atoms with Gasteiger partial charge in [0.2, 0.25) is 0 Å². The number of nitrogens with one attached hydrogen (secondary N) is 1. The first-order chi connectivity index (χ1) is 8.72. The number of nitrogens with zero attached hydrogens (tertiary/aromatic N) is 2. The molecule has 94 valence electrons. The van der Waals surface area contributed by atoms with Gasteiger partial charge in [-0.1, -0.05) is 29.3 Å². The molecule has 2 aromatic rings. The normalized spacial score (nSPS) is 12.4. The number of aromatic nitrogens is 2. The lowest BCUT2D eigenvalue weighted by atomic mass is 10.0. The van der Waals surface area contributed by atoms with Crippen LogP contribution in [0.2, 0.25) is 10.0 Å². The monoisotopic (exact) mass is 282 g/mol. The molecule has 0 bridgehead atoms. The van der Waals surface area contributed by atoms with Crippen molar-refractivity contribution < 1.29 is 0 Å². The zero-order chi connectivity index (χ0) is 13.0. The summed E-state index contributed by atoms with van der Waals surface area (Å²) in [6.45, 7) is 0. The average Bonchev–Trinajstić information content (AvgIpc) is 2.40. The van der Waals surface area contributed by atoms with Crippen LogP contribution < -0.4 is 11.3 Å². The molecule has 1 heterocycles. The number of benzene rings is 1. The lowest BCUT2D eigenvalue weighted by Crippen LogP contribution is -2.30. The molecule has 1 aromatic carbocycles. The molecule has 2 rings (SSSR count). The van der Waals surface area contributed by atoms with E-state index in [1.165, 1.54) is 6.33 Å². The van der Waals surface area contributed by atoms with E-state index in [2.05, 4.69) is 15.4 Å². The first kappa shape index (κ1) is 13.2. The quantitative estimate of drug-likeness (QED) is 0.668. The van der Waals surface area contributed by atoms with Crippen molar-refractivity contribution in [3.63, 3.8) is 0 Å². The summed E-state index contributed by atoms with van der Waals surface area (Å²) in [5, 5.41) is 1.24. The van der Waals surface area contributed by atoms with Gasteiger partial charge >= 0.3 is 0 Å².